The van der Waals surface area contributed by atoms with Gasteiger partial charge in [-0.1, -0.05) is 30.3 Å². The van der Waals surface area contributed by atoms with Crippen molar-refractivity contribution in [3.8, 4) is 0 Å². The third-order valence-corrected chi connectivity index (χ3v) is 8.00. The lowest BCUT2D eigenvalue weighted by Crippen LogP contribution is -2.32. The van der Waals surface area contributed by atoms with Gasteiger partial charge in [0.15, 0.2) is 0 Å². The van der Waals surface area contributed by atoms with Crippen molar-refractivity contribution in [2.45, 2.75) is 70.1 Å². The molecule has 2 fully saturated rings. The molecule has 0 atom stereocenters. The number of benzene rings is 1. The molecule has 188 valence electrons. The molecule has 0 bridgehead atoms. The standard InChI is InChI=1S/C28H32N4O4/c33-25(34)17-20-8-12-28(13-9-20)14-10-21(11-15-28)23-7-6-22(18-29-23)30-26(35)27-32-31-24(36-27)16-19-4-2-1-3-5-19/h1-7,18,20-21H,8-17H2,(H,30,35)(H,33,34). The summed E-state index contributed by atoms with van der Waals surface area (Å²) in [6.45, 7) is 0. The molecule has 2 aliphatic carbocycles. The molecular weight excluding hydrogens is 456 g/mol. The number of carboxylic acid groups (broad SMARTS) is 1. The zero-order valence-corrected chi connectivity index (χ0v) is 20.4. The SMILES string of the molecule is O=C(O)CC1CCC2(CC1)CCC(c1ccc(NC(=O)c3nnc(Cc4ccccc4)o3)cn1)CC2. The summed E-state index contributed by atoms with van der Waals surface area (Å²) in [5.41, 5.74) is 3.08. The summed E-state index contributed by atoms with van der Waals surface area (Å²) in [5.74, 6) is -0.0258. The Kier molecular flexibility index (Phi) is 7.11. The number of anilines is 1. The van der Waals surface area contributed by atoms with Gasteiger partial charge in [-0.25, -0.2) is 0 Å². The highest BCUT2D eigenvalue weighted by molar-refractivity contribution is 6.00. The van der Waals surface area contributed by atoms with E-state index in [1.54, 1.807) is 6.20 Å². The van der Waals surface area contributed by atoms with Gasteiger partial charge in [0.25, 0.3) is 0 Å². The molecule has 8 nitrogen and oxygen atoms in total. The van der Waals surface area contributed by atoms with Gasteiger partial charge in [0, 0.05) is 18.0 Å². The number of hydrogen-bond acceptors (Lipinski definition) is 6. The van der Waals surface area contributed by atoms with E-state index in [-0.39, 0.29) is 5.89 Å². The first kappa shape index (κ1) is 24.2. The largest absolute Gasteiger partial charge is 0.481 e. The second-order valence-corrected chi connectivity index (χ2v) is 10.4. The van der Waals surface area contributed by atoms with E-state index >= 15 is 0 Å². The Bertz CT molecular complexity index is 1170. The molecule has 0 unspecified atom stereocenters. The zero-order chi connectivity index (χ0) is 25.0. The molecule has 1 spiro atoms. The highest BCUT2D eigenvalue weighted by Gasteiger charge is 2.39. The van der Waals surface area contributed by atoms with Crippen molar-refractivity contribution in [3.63, 3.8) is 0 Å². The second kappa shape index (κ2) is 10.6. The van der Waals surface area contributed by atoms with Gasteiger partial charge in [-0.15, -0.1) is 10.2 Å². The number of carboxylic acids is 1. The predicted molar refractivity (Wildman–Crippen MR) is 134 cm³/mol. The summed E-state index contributed by atoms with van der Waals surface area (Å²) in [6.07, 6.45) is 11.4. The lowest BCUT2D eigenvalue weighted by atomic mass is 9.61. The van der Waals surface area contributed by atoms with Crippen molar-refractivity contribution in [2.75, 3.05) is 5.32 Å². The minimum absolute atomic E-state index is 0.0688. The number of aromatic nitrogens is 3. The molecule has 8 heteroatoms. The first-order valence-electron chi connectivity index (χ1n) is 12.8. The quantitative estimate of drug-likeness (QED) is 0.443. The normalized spacial score (nSPS) is 23.9. The van der Waals surface area contributed by atoms with Gasteiger partial charge in [-0.05, 0) is 80.4 Å². The summed E-state index contributed by atoms with van der Waals surface area (Å²) in [7, 11) is 0. The van der Waals surface area contributed by atoms with Crippen LogP contribution in [0.15, 0.2) is 53.1 Å². The van der Waals surface area contributed by atoms with Crippen molar-refractivity contribution >= 4 is 17.6 Å². The molecular formula is C28H32N4O4. The summed E-state index contributed by atoms with van der Waals surface area (Å²) in [5, 5.41) is 19.7. The van der Waals surface area contributed by atoms with Crippen LogP contribution in [0.3, 0.4) is 0 Å². The van der Waals surface area contributed by atoms with E-state index in [0.717, 1.165) is 49.8 Å². The average Bonchev–Trinajstić information content (AvgIpc) is 3.36. The molecule has 1 aromatic carbocycles. The molecule has 2 saturated carbocycles. The maximum absolute atomic E-state index is 12.6. The average molecular weight is 489 g/mol. The van der Waals surface area contributed by atoms with Crippen LogP contribution >= 0.6 is 0 Å². The fourth-order valence-corrected chi connectivity index (χ4v) is 5.86. The summed E-state index contributed by atoms with van der Waals surface area (Å²) in [4.78, 5) is 28.2. The Morgan fingerprint density at radius 1 is 0.972 bits per heavy atom. The number of carbonyl (C=O) groups is 2. The molecule has 36 heavy (non-hydrogen) atoms. The first-order chi connectivity index (χ1) is 17.5. The smallest absolute Gasteiger partial charge is 0.313 e. The number of rotatable bonds is 7. The van der Waals surface area contributed by atoms with E-state index < -0.39 is 11.9 Å². The van der Waals surface area contributed by atoms with E-state index in [1.165, 1.54) is 12.8 Å². The van der Waals surface area contributed by atoms with Crippen LogP contribution in [0.4, 0.5) is 5.69 Å². The Morgan fingerprint density at radius 3 is 2.36 bits per heavy atom. The van der Waals surface area contributed by atoms with Crippen LogP contribution in [0.1, 0.15) is 91.5 Å². The van der Waals surface area contributed by atoms with Gasteiger partial charge in [-0.2, -0.15) is 0 Å². The molecule has 2 heterocycles. The van der Waals surface area contributed by atoms with E-state index in [2.05, 4.69) is 20.5 Å². The molecule has 5 rings (SSSR count). The van der Waals surface area contributed by atoms with E-state index in [0.29, 0.717) is 41.7 Å². The van der Waals surface area contributed by atoms with Crippen molar-refractivity contribution < 1.29 is 19.1 Å². The number of aliphatic carboxylic acids is 1. The Hall–Kier alpha value is -3.55. The monoisotopic (exact) mass is 488 g/mol. The highest BCUT2D eigenvalue weighted by Crippen LogP contribution is 2.52. The lowest BCUT2D eigenvalue weighted by molar-refractivity contribution is -0.138. The number of hydrogen-bond donors (Lipinski definition) is 2. The van der Waals surface area contributed by atoms with Gasteiger partial charge in [-0.3, -0.25) is 14.6 Å². The Balaban J connectivity index is 1.11. The molecule has 3 aromatic rings. The van der Waals surface area contributed by atoms with Crippen LogP contribution in [0.2, 0.25) is 0 Å². The van der Waals surface area contributed by atoms with Crippen LogP contribution in [0.25, 0.3) is 0 Å². The molecule has 0 radical (unpaired) electrons. The van der Waals surface area contributed by atoms with E-state index in [9.17, 15) is 9.59 Å². The van der Waals surface area contributed by atoms with Crippen LogP contribution < -0.4 is 5.32 Å². The van der Waals surface area contributed by atoms with E-state index in [1.807, 2.05) is 42.5 Å². The molecule has 2 N–H and O–H groups in total. The highest BCUT2D eigenvalue weighted by atomic mass is 16.4. The zero-order valence-electron chi connectivity index (χ0n) is 20.4. The minimum Gasteiger partial charge on any atom is -0.481 e. The van der Waals surface area contributed by atoms with Crippen molar-refractivity contribution in [1.82, 2.24) is 15.2 Å². The molecule has 0 aliphatic heterocycles. The number of carbonyl (C=O) groups excluding carboxylic acids is 1. The third kappa shape index (κ3) is 5.80. The van der Waals surface area contributed by atoms with Crippen LogP contribution in [0.5, 0.6) is 0 Å². The molecule has 1 amide bonds. The van der Waals surface area contributed by atoms with Gasteiger partial charge in [0.1, 0.15) is 0 Å². The van der Waals surface area contributed by atoms with Crippen LogP contribution in [-0.2, 0) is 11.2 Å². The van der Waals surface area contributed by atoms with Crippen LogP contribution in [0, 0.1) is 11.3 Å². The lowest BCUT2D eigenvalue weighted by Gasteiger charge is -2.44. The molecule has 0 saturated heterocycles. The third-order valence-electron chi connectivity index (χ3n) is 8.00. The van der Waals surface area contributed by atoms with E-state index in [4.69, 9.17) is 9.52 Å². The number of amides is 1. The molecule has 2 aromatic heterocycles. The minimum atomic E-state index is -0.671. The predicted octanol–water partition coefficient (Wildman–Crippen LogP) is 5.62. The first-order valence-corrected chi connectivity index (χ1v) is 12.8. The summed E-state index contributed by atoms with van der Waals surface area (Å²) >= 11 is 0. The summed E-state index contributed by atoms with van der Waals surface area (Å²) in [6, 6.07) is 13.6. The maximum Gasteiger partial charge on any atom is 0.313 e. The van der Waals surface area contributed by atoms with Gasteiger partial charge in [0.2, 0.25) is 5.89 Å². The summed E-state index contributed by atoms with van der Waals surface area (Å²) < 4.78 is 5.54. The maximum atomic E-state index is 12.6. The van der Waals surface area contributed by atoms with Crippen LogP contribution in [-0.4, -0.2) is 32.2 Å². The van der Waals surface area contributed by atoms with Gasteiger partial charge >= 0.3 is 17.8 Å². The molecule has 2 aliphatic rings. The number of pyridine rings is 1. The number of nitrogens with zero attached hydrogens (tertiary/aromatic N) is 3. The topological polar surface area (TPSA) is 118 Å². The Morgan fingerprint density at radius 2 is 1.69 bits per heavy atom. The second-order valence-electron chi connectivity index (χ2n) is 10.4. The van der Waals surface area contributed by atoms with Crippen molar-refractivity contribution in [2.24, 2.45) is 11.3 Å². The van der Waals surface area contributed by atoms with Crippen molar-refractivity contribution in [1.29, 1.82) is 0 Å². The number of nitrogens with one attached hydrogen (secondary N) is 1. The van der Waals surface area contributed by atoms with Gasteiger partial charge in [0.05, 0.1) is 18.3 Å². The Labute approximate surface area is 210 Å². The van der Waals surface area contributed by atoms with Gasteiger partial charge < -0.3 is 14.8 Å². The van der Waals surface area contributed by atoms with Crippen molar-refractivity contribution in [3.05, 3.63) is 71.7 Å². The fourth-order valence-electron chi connectivity index (χ4n) is 5.86. The fraction of sp³-hybridized carbons (Fsp3) is 0.464.